The molecule has 0 saturated carbocycles. The SMILES string of the molecule is Clc1cccc(SCc2cccc(Cl)n2)c1. The number of thioether (sulfide) groups is 1. The van der Waals surface area contributed by atoms with Gasteiger partial charge in [-0.05, 0) is 30.3 Å². The van der Waals surface area contributed by atoms with E-state index in [0.717, 1.165) is 21.4 Å². The van der Waals surface area contributed by atoms with E-state index >= 15 is 0 Å². The first-order valence-electron chi connectivity index (χ1n) is 4.74. The van der Waals surface area contributed by atoms with Gasteiger partial charge < -0.3 is 0 Å². The van der Waals surface area contributed by atoms with Crippen LogP contribution in [0.25, 0.3) is 0 Å². The van der Waals surface area contributed by atoms with E-state index in [0.29, 0.717) is 5.15 Å². The van der Waals surface area contributed by atoms with Crippen LogP contribution in [0.2, 0.25) is 10.2 Å². The van der Waals surface area contributed by atoms with Crippen molar-refractivity contribution in [1.29, 1.82) is 0 Å². The fourth-order valence-electron chi connectivity index (χ4n) is 1.24. The van der Waals surface area contributed by atoms with Crippen molar-refractivity contribution in [1.82, 2.24) is 4.98 Å². The Balaban J connectivity index is 2.02. The van der Waals surface area contributed by atoms with Crippen LogP contribution < -0.4 is 0 Å². The molecule has 0 bridgehead atoms. The van der Waals surface area contributed by atoms with Gasteiger partial charge in [-0.15, -0.1) is 11.8 Å². The molecule has 0 fully saturated rings. The van der Waals surface area contributed by atoms with Crippen molar-refractivity contribution in [2.75, 3.05) is 0 Å². The quantitative estimate of drug-likeness (QED) is 0.593. The zero-order valence-corrected chi connectivity index (χ0v) is 10.7. The molecule has 0 spiro atoms. The molecule has 0 unspecified atom stereocenters. The van der Waals surface area contributed by atoms with Crippen LogP contribution >= 0.6 is 35.0 Å². The molecule has 0 radical (unpaired) electrons. The smallest absolute Gasteiger partial charge is 0.129 e. The van der Waals surface area contributed by atoms with Crippen molar-refractivity contribution in [3.05, 3.63) is 58.3 Å². The van der Waals surface area contributed by atoms with E-state index in [1.54, 1.807) is 17.8 Å². The summed E-state index contributed by atoms with van der Waals surface area (Å²) in [6.45, 7) is 0. The van der Waals surface area contributed by atoms with Crippen LogP contribution in [0.5, 0.6) is 0 Å². The molecule has 16 heavy (non-hydrogen) atoms. The number of benzene rings is 1. The minimum Gasteiger partial charge on any atom is -0.240 e. The lowest BCUT2D eigenvalue weighted by atomic mass is 10.4. The second-order valence-electron chi connectivity index (χ2n) is 3.20. The second-order valence-corrected chi connectivity index (χ2v) is 5.07. The topological polar surface area (TPSA) is 12.9 Å². The summed E-state index contributed by atoms with van der Waals surface area (Å²) >= 11 is 13.4. The summed E-state index contributed by atoms with van der Waals surface area (Å²) in [7, 11) is 0. The van der Waals surface area contributed by atoms with Gasteiger partial charge in [0.15, 0.2) is 0 Å². The summed E-state index contributed by atoms with van der Waals surface area (Å²) in [5.41, 5.74) is 0.970. The molecule has 0 saturated heterocycles. The molecule has 1 nitrogen and oxygen atoms in total. The summed E-state index contributed by atoms with van der Waals surface area (Å²) in [6, 6.07) is 13.4. The van der Waals surface area contributed by atoms with Crippen LogP contribution in [0.4, 0.5) is 0 Å². The Bertz CT molecular complexity index is 442. The molecule has 0 N–H and O–H groups in total. The van der Waals surface area contributed by atoms with E-state index < -0.39 is 0 Å². The molecule has 4 heteroatoms. The maximum absolute atomic E-state index is 5.90. The molecule has 0 aliphatic carbocycles. The van der Waals surface area contributed by atoms with Crippen LogP contribution in [-0.4, -0.2) is 4.98 Å². The first-order valence-corrected chi connectivity index (χ1v) is 6.48. The summed E-state index contributed by atoms with van der Waals surface area (Å²) in [5, 5.41) is 1.29. The molecule has 2 aromatic rings. The number of nitrogens with zero attached hydrogens (tertiary/aromatic N) is 1. The summed E-state index contributed by atoms with van der Waals surface area (Å²) in [5.74, 6) is 0.793. The third-order valence-corrected chi connectivity index (χ3v) is 3.43. The largest absolute Gasteiger partial charge is 0.240 e. The average molecular weight is 270 g/mol. The number of aromatic nitrogens is 1. The summed E-state index contributed by atoms with van der Waals surface area (Å²) in [4.78, 5) is 5.36. The number of hydrogen-bond acceptors (Lipinski definition) is 2. The monoisotopic (exact) mass is 269 g/mol. The molecule has 0 atom stereocenters. The highest BCUT2D eigenvalue weighted by Crippen LogP contribution is 2.24. The van der Waals surface area contributed by atoms with E-state index in [4.69, 9.17) is 23.2 Å². The Kier molecular flexibility index (Phi) is 4.10. The number of rotatable bonds is 3. The highest BCUT2D eigenvalue weighted by atomic mass is 35.5. The third-order valence-electron chi connectivity index (χ3n) is 1.96. The Labute approximate surface area is 109 Å². The van der Waals surface area contributed by atoms with Crippen LogP contribution in [0.1, 0.15) is 5.69 Å². The highest BCUT2D eigenvalue weighted by molar-refractivity contribution is 7.98. The van der Waals surface area contributed by atoms with Crippen LogP contribution in [0.3, 0.4) is 0 Å². The second kappa shape index (κ2) is 5.58. The normalized spacial score (nSPS) is 10.4. The van der Waals surface area contributed by atoms with Gasteiger partial charge in [-0.3, -0.25) is 0 Å². The van der Waals surface area contributed by atoms with Gasteiger partial charge in [0.1, 0.15) is 5.15 Å². The Hall–Kier alpha value is -0.700. The van der Waals surface area contributed by atoms with Crippen molar-refractivity contribution >= 4 is 35.0 Å². The molecule has 1 aromatic carbocycles. The van der Waals surface area contributed by atoms with Gasteiger partial charge in [0.05, 0.1) is 5.69 Å². The van der Waals surface area contributed by atoms with Crippen molar-refractivity contribution in [2.24, 2.45) is 0 Å². The molecule has 0 amide bonds. The standard InChI is InChI=1S/C12H9Cl2NS/c13-9-3-1-5-11(7-9)16-8-10-4-2-6-12(14)15-10/h1-7H,8H2. The summed E-state index contributed by atoms with van der Waals surface area (Å²) < 4.78 is 0. The lowest BCUT2D eigenvalue weighted by molar-refractivity contribution is 1.17. The van der Waals surface area contributed by atoms with E-state index in [-0.39, 0.29) is 0 Å². The van der Waals surface area contributed by atoms with Gasteiger partial charge in [-0.2, -0.15) is 0 Å². The molecule has 82 valence electrons. The Morgan fingerprint density at radius 2 is 1.88 bits per heavy atom. The van der Waals surface area contributed by atoms with Crippen molar-refractivity contribution in [3.8, 4) is 0 Å². The van der Waals surface area contributed by atoms with Crippen molar-refractivity contribution < 1.29 is 0 Å². The number of pyridine rings is 1. The zero-order chi connectivity index (χ0) is 11.4. The van der Waals surface area contributed by atoms with Gasteiger partial charge in [0, 0.05) is 15.7 Å². The highest BCUT2D eigenvalue weighted by Gasteiger charge is 1.99. The molecule has 0 aliphatic heterocycles. The van der Waals surface area contributed by atoms with Gasteiger partial charge in [-0.25, -0.2) is 4.98 Å². The molecule has 0 aliphatic rings. The molecular weight excluding hydrogens is 261 g/mol. The predicted molar refractivity (Wildman–Crippen MR) is 70.3 cm³/mol. The molecular formula is C12H9Cl2NS. The van der Waals surface area contributed by atoms with Crippen molar-refractivity contribution in [3.63, 3.8) is 0 Å². The lowest BCUT2D eigenvalue weighted by Crippen LogP contribution is -1.86. The van der Waals surface area contributed by atoms with E-state index in [1.807, 2.05) is 36.4 Å². The predicted octanol–water partition coefficient (Wildman–Crippen LogP) is 4.68. The minimum atomic E-state index is 0.532. The van der Waals surface area contributed by atoms with Crippen LogP contribution in [-0.2, 0) is 5.75 Å². The van der Waals surface area contributed by atoms with Gasteiger partial charge in [0.25, 0.3) is 0 Å². The van der Waals surface area contributed by atoms with Crippen LogP contribution in [0.15, 0.2) is 47.4 Å². The summed E-state index contributed by atoms with van der Waals surface area (Å²) in [6.07, 6.45) is 0. The van der Waals surface area contributed by atoms with Gasteiger partial charge in [-0.1, -0.05) is 35.3 Å². The van der Waals surface area contributed by atoms with E-state index in [2.05, 4.69) is 4.98 Å². The minimum absolute atomic E-state index is 0.532. The average Bonchev–Trinajstić information content (AvgIpc) is 2.27. The third kappa shape index (κ3) is 3.41. The van der Waals surface area contributed by atoms with E-state index in [9.17, 15) is 0 Å². The van der Waals surface area contributed by atoms with E-state index in [1.165, 1.54) is 0 Å². The fourth-order valence-corrected chi connectivity index (χ4v) is 2.54. The molecule has 2 rings (SSSR count). The van der Waals surface area contributed by atoms with Crippen molar-refractivity contribution in [2.45, 2.75) is 10.6 Å². The Morgan fingerprint density at radius 1 is 1.06 bits per heavy atom. The molecule has 1 heterocycles. The maximum atomic E-state index is 5.90. The fraction of sp³-hybridized carbons (Fsp3) is 0.0833. The number of halogens is 2. The molecule has 1 aromatic heterocycles. The first kappa shape index (κ1) is 11.8. The number of hydrogen-bond donors (Lipinski definition) is 0. The van der Waals surface area contributed by atoms with Crippen LogP contribution in [0, 0.1) is 0 Å². The first-order chi connectivity index (χ1) is 7.74. The zero-order valence-electron chi connectivity index (χ0n) is 8.36. The van der Waals surface area contributed by atoms with Gasteiger partial charge in [0.2, 0.25) is 0 Å². The Morgan fingerprint density at radius 3 is 2.62 bits per heavy atom. The lowest BCUT2D eigenvalue weighted by Gasteiger charge is -2.02. The van der Waals surface area contributed by atoms with Gasteiger partial charge >= 0.3 is 0 Å². The maximum Gasteiger partial charge on any atom is 0.129 e.